The van der Waals surface area contributed by atoms with Crippen LogP contribution in [0.5, 0.6) is 0 Å². The number of halogens is 1. The van der Waals surface area contributed by atoms with Crippen molar-refractivity contribution < 1.29 is 9.53 Å². The maximum Gasteiger partial charge on any atom is 0.251 e. The molecule has 1 N–H and O–H groups in total. The molecule has 1 amide bonds. The van der Waals surface area contributed by atoms with E-state index >= 15 is 0 Å². The van der Waals surface area contributed by atoms with Crippen molar-refractivity contribution in [1.29, 1.82) is 0 Å². The predicted molar refractivity (Wildman–Crippen MR) is 97.2 cm³/mol. The molecule has 1 aliphatic heterocycles. The Morgan fingerprint density at radius 1 is 1.27 bits per heavy atom. The van der Waals surface area contributed by atoms with E-state index in [0.29, 0.717) is 12.1 Å². The van der Waals surface area contributed by atoms with Gasteiger partial charge in [0.1, 0.15) is 0 Å². The maximum atomic E-state index is 12.3. The quantitative estimate of drug-likeness (QED) is 0.768. The van der Waals surface area contributed by atoms with Gasteiger partial charge in [-0.2, -0.15) is 0 Å². The highest BCUT2D eigenvalue weighted by Gasteiger charge is 2.33. The van der Waals surface area contributed by atoms with E-state index in [1.807, 2.05) is 24.3 Å². The first-order valence-corrected chi connectivity index (χ1v) is 8.80. The van der Waals surface area contributed by atoms with E-state index in [-0.39, 0.29) is 23.7 Å². The molecule has 1 saturated heterocycles. The summed E-state index contributed by atoms with van der Waals surface area (Å²) >= 11 is 2.24. The molecule has 0 unspecified atom stereocenters. The lowest BCUT2D eigenvalue weighted by Gasteiger charge is -2.45. The maximum absolute atomic E-state index is 12.3. The monoisotopic (exact) mass is 416 g/mol. The van der Waals surface area contributed by atoms with Crippen LogP contribution in [0.1, 0.15) is 38.1 Å². The molecule has 1 aliphatic rings. The molecular formula is C17H25IN2O2. The van der Waals surface area contributed by atoms with Crippen LogP contribution in [0.3, 0.4) is 0 Å². The molecule has 0 radical (unpaired) electrons. The average molecular weight is 416 g/mol. The second-order valence-electron chi connectivity index (χ2n) is 6.66. The summed E-state index contributed by atoms with van der Waals surface area (Å²) in [7, 11) is 0. The highest BCUT2D eigenvalue weighted by Crippen LogP contribution is 2.20. The number of morpholine rings is 1. The van der Waals surface area contributed by atoms with Gasteiger partial charge in [0.25, 0.3) is 5.91 Å². The lowest BCUT2D eigenvalue weighted by Crippen LogP contribution is -2.58. The topological polar surface area (TPSA) is 41.6 Å². The highest BCUT2D eigenvalue weighted by atomic mass is 127. The van der Waals surface area contributed by atoms with Gasteiger partial charge in [0.15, 0.2) is 0 Å². The van der Waals surface area contributed by atoms with Gasteiger partial charge in [-0.1, -0.05) is 0 Å². The Labute approximate surface area is 146 Å². The largest absolute Gasteiger partial charge is 0.373 e. The number of nitrogens with zero attached hydrogens (tertiary/aromatic N) is 1. The van der Waals surface area contributed by atoms with Gasteiger partial charge in [-0.15, -0.1) is 0 Å². The van der Waals surface area contributed by atoms with Crippen molar-refractivity contribution in [2.75, 3.05) is 19.6 Å². The summed E-state index contributed by atoms with van der Waals surface area (Å²) < 4.78 is 6.92. The molecule has 0 aliphatic carbocycles. The third kappa shape index (κ3) is 4.67. The fourth-order valence-electron chi connectivity index (χ4n) is 2.78. The van der Waals surface area contributed by atoms with Crippen LogP contribution in [-0.2, 0) is 4.74 Å². The summed E-state index contributed by atoms with van der Waals surface area (Å²) in [6, 6.07) is 7.63. The van der Waals surface area contributed by atoms with Crippen LogP contribution >= 0.6 is 22.6 Å². The number of nitrogens with one attached hydrogen (secondary N) is 1. The Kier molecular flexibility index (Phi) is 5.85. The van der Waals surface area contributed by atoms with Crippen LogP contribution in [0.15, 0.2) is 24.3 Å². The molecule has 0 spiro atoms. The minimum atomic E-state index is -0.0921. The zero-order chi connectivity index (χ0) is 16.3. The zero-order valence-corrected chi connectivity index (χ0v) is 15.9. The number of hydrogen-bond donors (Lipinski definition) is 1. The van der Waals surface area contributed by atoms with E-state index in [9.17, 15) is 4.79 Å². The van der Waals surface area contributed by atoms with E-state index in [4.69, 9.17) is 4.74 Å². The van der Waals surface area contributed by atoms with Crippen LogP contribution in [0.4, 0.5) is 0 Å². The van der Waals surface area contributed by atoms with Gasteiger partial charge < -0.3 is 10.1 Å². The van der Waals surface area contributed by atoms with Crippen molar-refractivity contribution >= 4 is 28.5 Å². The molecular weight excluding hydrogens is 391 g/mol. The van der Waals surface area contributed by atoms with E-state index < -0.39 is 0 Å². The third-order valence-electron chi connectivity index (χ3n) is 4.06. The molecule has 1 aromatic rings. The first kappa shape index (κ1) is 17.7. The van der Waals surface area contributed by atoms with Gasteiger partial charge in [0.2, 0.25) is 0 Å². The minimum absolute atomic E-state index is 0.0150. The molecule has 1 aromatic carbocycles. The van der Waals surface area contributed by atoms with Crippen molar-refractivity contribution in [1.82, 2.24) is 10.2 Å². The van der Waals surface area contributed by atoms with Gasteiger partial charge in [0, 0.05) is 34.3 Å². The van der Waals surface area contributed by atoms with Crippen LogP contribution < -0.4 is 5.32 Å². The molecule has 22 heavy (non-hydrogen) atoms. The highest BCUT2D eigenvalue weighted by molar-refractivity contribution is 14.1. The normalized spacial score (nSPS) is 23.3. The molecule has 0 aromatic heterocycles. The zero-order valence-electron chi connectivity index (χ0n) is 13.7. The summed E-state index contributed by atoms with van der Waals surface area (Å²) in [6.45, 7) is 11.0. The fourth-order valence-corrected chi connectivity index (χ4v) is 3.14. The minimum Gasteiger partial charge on any atom is -0.373 e. The third-order valence-corrected chi connectivity index (χ3v) is 4.78. The second-order valence-corrected chi connectivity index (χ2v) is 7.91. The lowest BCUT2D eigenvalue weighted by molar-refractivity contribution is -0.0948. The Balaban J connectivity index is 1.94. The summed E-state index contributed by atoms with van der Waals surface area (Å²) in [5.41, 5.74) is 0.616. The molecule has 0 bridgehead atoms. The smallest absolute Gasteiger partial charge is 0.251 e. The van der Waals surface area contributed by atoms with Crippen LogP contribution in [0, 0.1) is 3.57 Å². The Bertz CT molecular complexity index is 506. The Morgan fingerprint density at radius 3 is 2.36 bits per heavy atom. The standard InChI is InChI=1S/C17H25IN2O2/c1-12-9-20(10-13(2)22-12)17(3,4)11-19-16(21)14-5-7-15(18)8-6-14/h5-8,12-13H,9-11H2,1-4H3,(H,19,21)/t12-,13-/m0/s1. The van der Waals surface area contributed by atoms with Crippen molar-refractivity contribution in [3.8, 4) is 0 Å². The Morgan fingerprint density at radius 2 is 1.82 bits per heavy atom. The second kappa shape index (κ2) is 7.27. The Hall–Kier alpha value is -0.660. The number of carbonyl (C=O) groups excluding carboxylic acids is 1. The summed E-state index contributed by atoms with van der Waals surface area (Å²) in [4.78, 5) is 14.7. The number of amides is 1. The average Bonchev–Trinajstić information content (AvgIpc) is 2.44. The number of hydrogen-bond acceptors (Lipinski definition) is 3. The van der Waals surface area contributed by atoms with E-state index in [1.54, 1.807) is 0 Å². The molecule has 5 heteroatoms. The number of benzene rings is 1. The summed E-state index contributed by atoms with van der Waals surface area (Å²) in [5.74, 6) is -0.0150. The van der Waals surface area contributed by atoms with Gasteiger partial charge in [-0.3, -0.25) is 9.69 Å². The van der Waals surface area contributed by atoms with Gasteiger partial charge >= 0.3 is 0 Å². The molecule has 1 heterocycles. The van der Waals surface area contributed by atoms with E-state index in [1.165, 1.54) is 0 Å². The van der Waals surface area contributed by atoms with Crippen molar-refractivity contribution in [3.05, 3.63) is 33.4 Å². The lowest BCUT2D eigenvalue weighted by atomic mass is 10.00. The van der Waals surface area contributed by atoms with Crippen molar-refractivity contribution in [2.24, 2.45) is 0 Å². The van der Waals surface area contributed by atoms with E-state index in [0.717, 1.165) is 16.7 Å². The summed E-state index contributed by atoms with van der Waals surface area (Å²) in [6.07, 6.45) is 0.463. The molecule has 1 fully saturated rings. The summed E-state index contributed by atoms with van der Waals surface area (Å²) in [5, 5.41) is 3.06. The molecule has 2 atom stereocenters. The van der Waals surface area contributed by atoms with Gasteiger partial charge in [-0.05, 0) is 74.6 Å². The van der Waals surface area contributed by atoms with E-state index in [2.05, 4.69) is 60.5 Å². The SMILES string of the molecule is C[C@H]1CN(C(C)(C)CNC(=O)c2ccc(I)cc2)C[C@H](C)O1. The van der Waals surface area contributed by atoms with Gasteiger partial charge in [0.05, 0.1) is 12.2 Å². The van der Waals surface area contributed by atoms with Crippen molar-refractivity contribution in [3.63, 3.8) is 0 Å². The van der Waals surface area contributed by atoms with Crippen LogP contribution in [0.25, 0.3) is 0 Å². The molecule has 2 rings (SSSR count). The molecule has 4 nitrogen and oxygen atoms in total. The fraction of sp³-hybridized carbons (Fsp3) is 0.588. The molecule has 122 valence electrons. The van der Waals surface area contributed by atoms with Crippen LogP contribution in [-0.4, -0.2) is 48.2 Å². The van der Waals surface area contributed by atoms with Gasteiger partial charge in [-0.25, -0.2) is 0 Å². The number of rotatable bonds is 4. The van der Waals surface area contributed by atoms with Crippen LogP contribution in [0.2, 0.25) is 0 Å². The molecule has 0 saturated carbocycles. The predicted octanol–water partition coefficient (Wildman–Crippen LogP) is 2.91. The van der Waals surface area contributed by atoms with Crippen molar-refractivity contribution in [2.45, 2.75) is 45.4 Å². The first-order chi connectivity index (χ1) is 10.3. The number of carbonyl (C=O) groups is 1. The number of ether oxygens (including phenoxy) is 1. The first-order valence-electron chi connectivity index (χ1n) is 7.72.